The topological polar surface area (TPSA) is 29.4 Å². The van der Waals surface area contributed by atoms with Crippen LogP contribution in [-0.4, -0.2) is 6.08 Å². The molecule has 2 heteroatoms. The zero-order valence-corrected chi connectivity index (χ0v) is 12.2. The Morgan fingerprint density at radius 1 is 1.16 bits per heavy atom. The van der Waals surface area contributed by atoms with E-state index in [1.54, 1.807) is 6.08 Å². The minimum Gasteiger partial charge on any atom is -0.211 e. The Hall–Kier alpha value is -1.40. The second-order valence-electron chi connectivity index (χ2n) is 6.88. The molecule has 1 aliphatic rings. The van der Waals surface area contributed by atoms with Gasteiger partial charge in [0, 0.05) is 0 Å². The van der Waals surface area contributed by atoms with Crippen molar-refractivity contribution >= 4 is 6.08 Å². The third-order valence-electron chi connectivity index (χ3n) is 3.92. The van der Waals surface area contributed by atoms with E-state index in [0.29, 0.717) is 5.41 Å². The lowest BCUT2D eigenvalue weighted by Crippen LogP contribution is -2.19. The van der Waals surface area contributed by atoms with E-state index in [1.165, 1.54) is 11.1 Å². The fraction of sp³-hybridized carbons (Fsp3) is 0.588. The highest BCUT2D eigenvalue weighted by molar-refractivity contribution is 5.39. The van der Waals surface area contributed by atoms with Crippen molar-refractivity contribution in [3.05, 3.63) is 35.4 Å². The highest BCUT2D eigenvalue weighted by Gasteiger charge is 2.35. The van der Waals surface area contributed by atoms with Crippen LogP contribution >= 0.6 is 0 Å². The van der Waals surface area contributed by atoms with Gasteiger partial charge in [0.2, 0.25) is 6.08 Å². The Morgan fingerprint density at radius 2 is 1.74 bits per heavy atom. The third kappa shape index (κ3) is 3.33. The second kappa shape index (κ2) is 5.30. The van der Waals surface area contributed by atoms with Crippen molar-refractivity contribution in [3.8, 4) is 0 Å². The smallest absolute Gasteiger partial charge is 0.211 e. The van der Waals surface area contributed by atoms with Crippen LogP contribution in [0.15, 0.2) is 29.3 Å². The first-order chi connectivity index (χ1) is 8.95. The lowest BCUT2D eigenvalue weighted by Gasteiger charge is -2.24. The predicted molar refractivity (Wildman–Crippen MR) is 77.9 cm³/mol. The highest BCUT2D eigenvalue weighted by atomic mass is 16.1. The summed E-state index contributed by atoms with van der Waals surface area (Å²) in [5, 5.41) is 0. The molecule has 2 nitrogen and oxygen atoms in total. The molecule has 1 fully saturated rings. The molecule has 102 valence electrons. The van der Waals surface area contributed by atoms with E-state index >= 15 is 0 Å². The van der Waals surface area contributed by atoms with Gasteiger partial charge in [0.1, 0.15) is 0 Å². The van der Waals surface area contributed by atoms with Crippen LogP contribution in [0.3, 0.4) is 0 Å². The summed E-state index contributed by atoms with van der Waals surface area (Å²) in [4.78, 5) is 14.8. The fourth-order valence-corrected chi connectivity index (χ4v) is 3.06. The van der Waals surface area contributed by atoms with Crippen molar-refractivity contribution in [2.45, 2.75) is 58.4 Å². The molecule has 0 saturated heterocycles. The number of isocyanates is 1. The number of hydrogen-bond donors (Lipinski definition) is 0. The average Bonchev–Trinajstić information content (AvgIpc) is 2.78. The van der Waals surface area contributed by atoms with Crippen molar-refractivity contribution in [3.63, 3.8) is 0 Å². The van der Waals surface area contributed by atoms with Crippen molar-refractivity contribution in [1.29, 1.82) is 0 Å². The lowest BCUT2D eigenvalue weighted by molar-refractivity contribution is 0.411. The van der Waals surface area contributed by atoms with E-state index in [-0.39, 0.29) is 5.54 Å². The Labute approximate surface area is 115 Å². The molecule has 0 radical (unpaired) electrons. The van der Waals surface area contributed by atoms with E-state index in [2.05, 4.69) is 50.0 Å². The Morgan fingerprint density at radius 3 is 2.21 bits per heavy atom. The number of rotatable bonds is 3. The van der Waals surface area contributed by atoms with Crippen molar-refractivity contribution in [2.75, 3.05) is 0 Å². The first-order valence-electron chi connectivity index (χ1n) is 7.14. The maximum absolute atomic E-state index is 10.7. The van der Waals surface area contributed by atoms with Crippen molar-refractivity contribution in [1.82, 2.24) is 0 Å². The number of benzene rings is 1. The maximum atomic E-state index is 10.7. The molecule has 0 spiro atoms. The molecular formula is C17H23NO. The molecule has 0 bridgehead atoms. The van der Waals surface area contributed by atoms with E-state index in [1.807, 2.05) is 0 Å². The summed E-state index contributed by atoms with van der Waals surface area (Å²) in [7, 11) is 0. The Kier molecular flexibility index (Phi) is 3.91. The van der Waals surface area contributed by atoms with Gasteiger partial charge in [-0.15, -0.1) is 0 Å². The molecule has 0 unspecified atom stereocenters. The van der Waals surface area contributed by atoms with E-state index in [4.69, 9.17) is 0 Å². The van der Waals surface area contributed by atoms with Crippen LogP contribution in [0.4, 0.5) is 0 Å². The highest BCUT2D eigenvalue weighted by Crippen LogP contribution is 2.42. The van der Waals surface area contributed by atoms with Gasteiger partial charge in [-0.3, -0.25) is 0 Å². The van der Waals surface area contributed by atoms with Gasteiger partial charge in [-0.05, 0) is 35.8 Å². The van der Waals surface area contributed by atoms with Crippen LogP contribution in [0.25, 0.3) is 0 Å². The largest absolute Gasteiger partial charge is 0.235 e. The zero-order valence-electron chi connectivity index (χ0n) is 12.2. The van der Waals surface area contributed by atoms with E-state index in [0.717, 1.165) is 32.1 Å². The van der Waals surface area contributed by atoms with Gasteiger partial charge in [-0.1, -0.05) is 57.9 Å². The Bertz CT molecular complexity index is 469. The molecule has 19 heavy (non-hydrogen) atoms. The van der Waals surface area contributed by atoms with Gasteiger partial charge in [0.25, 0.3) is 0 Å². The minimum atomic E-state index is -0.290. The molecule has 0 atom stereocenters. The summed E-state index contributed by atoms with van der Waals surface area (Å²) in [5.74, 6) is 0. The van der Waals surface area contributed by atoms with E-state index in [9.17, 15) is 4.79 Å². The summed E-state index contributed by atoms with van der Waals surface area (Å²) in [6.07, 6.45) is 7.09. The van der Waals surface area contributed by atoms with Crippen LogP contribution in [0, 0.1) is 5.41 Å². The molecule has 0 amide bonds. The first-order valence-corrected chi connectivity index (χ1v) is 7.14. The molecule has 1 aromatic rings. The Balaban J connectivity index is 2.24. The van der Waals surface area contributed by atoms with Gasteiger partial charge in [-0.2, -0.15) is 4.99 Å². The summed E-state index contributed by atoms with van der Waals surface area (Å²) in [5.41, 5.74) is 2.53. The fourth-order valence-electron chi connectivity index (χ4n) is 3.06. The van der Waals surface area contributed by atoms with Crippen LogP contribution < -0.4 is 0 Å². The molecular weight excluding hydrogens is 234 g/mol. The quantitative estimate of drug-likeness (QED) is 0.583. The van der Waals surface area contributed by atoms with Gasteiger partial charge in [0.05, 0.1) is 5.54 Å². The number of hydrogen-bond acceptors (Lipinski definition) is 2. The van der Waals surface area contributed by atoms with Crippen molar-refractivity contribution in [2.24, 2.45) is 10.4 Å². The molecule has 0 N–H and O–H groups in total. The molecule has 0 aliphatic heterocycles. The molecule has 0 aromatic heterocycles. The zero-order chi connectivity index (χ0) is 13.9. The molecule has 0 heterocycles. The summed E-state index contributed by atoms with van der Waals surface area (Å²) < 4.78 is 0. The summed E-state index contributed by atoms with van der Waals surface area (Å²) in [6.45, 7) is 6.74. The normalized spacial score (nSPS) is 18.1. The van der Waals surface area contributed by atoms with E-state index < -0.39 is 0 Å². The number of aliphatic imine (C=N–C) groups is 1. The first kappa shape index (κ1) is 14.0. The second-order valence-corrected chi connectivity index (χ2v) is 6.88. The molecule has 1 saturated carbocycles. The summed E-state index contributed by atoms with van der Waals surface area (Å²) >= 11 is 0. The summed E-state index contributed by atoms with van der Waals surface area (Å²) in [6, 6.07) is 8.66. The average molecular weight is 257 g/mol. The molecule has 1 aromatic carbocycles. The van der Waals surface area contributed by atoms with Gasteiger partial charge < -0.3 is 0 Å². The van der Waals surface area contributed by atoms with Gasteiger partial charge >= 0.3 is 0 Å². The lowest BCUT2D eigenvalue weighted by atomic mass is 9.85. The van der Waals surface area contributed by atoms with Crippen LogP contribution in [0.1, 0.15) is 57.6 Å². The standard InChI is InChI=1S/C17H23NO/c1-16(2,3)12-14-6-8-15(9-7-14)17(18-13-19)10-4-5-11-17/h6-9H,4-5,10-12H2,1-3H3. The SMILES string of the molecule is CC(C)(C)Cc1ccc(C2(N=C=O)CCCC2)cc1. The van der Waals surface area contributed by atoms with Gasteiger partial charge in [0.15, 0.2) is 0 Å². The molecule has 1 aliphatic carbocycles. The van der Waals surface area contributed by atoms with Gasteiger partial charge in [-0.25, -0.2) is 4.79 Å². The molecule has 2 rings (SSSR count). The predicted octanol–water partition coefficient (Wildman–Crippen LogP) is 4.38. The third-order valence-corrected chi connectivity index (χ3v) is 3.92. The van der Waals surface area contributed by atoms with Crippen molar-refractivity contribution < 1.29 is 4.79 Å². The van der Waals surface area contributed by atoms with Crippen LogP contribution in [-0.2, 0) is 16.8 Å². The van der Waals surface area contributed by atoms with Crippen LogP contribution in [0.2, 0.25) is 0 Å². The number of nitrogens with zero attached hydrogens (tertiary/aromatic N) is 1. The van der Waals surface area contributed by atoms with Crippen LogP contribution in [0.5, 0.6) is 0 Å². The monoisotopic (exact) mass is 257 g/mol. The minimum absolute atomic E-state index is 0.290. The maximum Gasteiger partial charge on any atom is 0.235 e. The number of carbonyl (C=O) groups excluding carboxylic acids is 1.